The quantitative estimate of drug-likeness (QED) is 0.260. The van der Waals surface area contributed by atoms with Crippen molar-refractivity contribution in [3.63, 3.8) is 0 Å². The molecule has 2 aromatic rings. The van der Waals surface area contributed by atoms with E-state index in [1.54, 1.807) is 31.2 Å². The van der Waals surface area contributed by atoms with E-state index in [4.69, 9.17) is 0 Å². The third kappa shape index (κ3) is 4.35. The number of hydrogen-bond donors (Lipinski definition) is 5. The van der Waals surface area contributed by atoms with Crippen LogP contribution in [0.2, 0.25) is 0 Å². The van der Waals surface area contributed by atoms with E-state index in [0.29, 0.717) is 36.9 Å². The Kier molecular flexibility index (Phi) is 7.18. The van der Waals surface area contributed by atoms with E-state index in [1.807, 2.05) is 13.0 Å². The molecule has 8 nitrogen and oxygen atoms in total. The fraction of sp³-hybridized carbons (Fsp3) is 0.406. The fourth-order valence-corrected chi connectivity index (χ4v) is 6.81. The maximum atomic E-state index is 13.8. The van der Waals surface area contributed by atoms with Crippen LogP contribution in [0.15, 0.2) is 47.1 Å². The van der Waals surface area contributed by atoms with Crippen LogP contribution in [0.1, 0.15) is 67.9 Å². The number of aliphatic hydroxyl groups excluding tert-OH is 1. The lowest BCUT2D eigenvalue weighted by Crippen LogP contribution is -2.61. The minimum atomic E-state index is -2.41. The van der Waals surface area contributed by atoms with Crippen LogP contribution in [0.25, 0.3) is 5.76 Å². The predicted octanol–water partition coefficient (Wildman–Crippen LogP) is 3.98. The molecule has 0 amide bonds. The standard InChI is InChI=1S/C32H35NO7/c1-4-5-19-11-21(15-33-14-18-6-8-23(35)9-7-18)28(36)27-24(19)13-20-12-22-10-16(2)25(17(3)34)30(38)32(22,40)31(39)26(20)29(27)37/h6-9,11,20,22,33,35-37,40H,4-5,10,12-15H2,1-3H3/t20-,22-,32-/m1/s1. The largest absolute Gasteiger partial charge is 0.508 e. The molecule has 0 aliphatic heterocycles. The number of benzene rings is 2. The summed E-state index contributed by atoms with van der Waals surface area (Å²) in [6.07, 6.45) is 2.50. The lowest BCUT2D eigenvalue weighted by Gasteiger charge is -2.46. The molecule has 0 radical (unpaired) electrons. The second-order valence-corrected chi connectivity index (χ2v) is 11.4. The normalized spacial score (nSPS) is 24.1. The van der Waals surface area contributed by atoms with Gasteiger partial charge in [0.15, 0.2) is 11.4 Å². The van der Waals surface area contributed by atoms with Crippen LogP contribution in [0.3, 0.4) is 0 Å². The second-order valence-electron chi connectivity index (χ2n) is 11.4. The molecule has 1 saturated carbocycles. The summed E-state index contributed by atoms with van der Waals surface area (Å²) in [5, 5.41) is 47.2. The number of Topliss-reactive ketones (excluding diaryl/α,β-unsaturated/α-hetero) is 3. The summed E-state index contributed by atoms with van der Waals surface area (Å²) in [4.78, 5) is 39.4. The van der Waals surface area contributed by atoms with Crippen molar-refractivity contribution in [1.29, 1.82) is 0 Å². The van der Waals surface area contributed by atoms with Gasteiger partial charge in [-0.25, -0.2) is 0 Å². The molecule has 3 atom stereocenters. The van der Waals surface area contributed by atoms with Gasteiger partial charge in [0.2, 0.25) is 11.6 Å². The predicted molar refractivity (Wildman–Crippen MR) is 149 cm³/mol. The Bertz CT molecular complexity index is 1480. The van der Waals surface area contributed by atoms with Crippen LogP contribution in [0, 0.1) is 11.8 Å². The minimum absolute atomic E-state index is 0.0472. The third-order valence-electron chi connectivity index (χ3n) is 8.69. The fourth-order valence-electron chi connectivity index (χ4n) is 6.81. The van der Waals surface area contributed by atoms with E-state index in [9.17, 15) is 34.8 Å². The molecule has 0 bridgehead atoms. The highest BCUT2D eigenvalue weighted by Gasteiger charge is 2.60. The van der Waals surface area contributed by atoms with E-state index in [-0.39, 0.29) is 41.2 Å². The topological polar surface area (TPSA) is 144 Å². The number of carbonyl (C=O) groups excluding carboxylic acids is 3. The van der Waals surface area contributed by atoms with Crippen LogP contribution in [-0.4, -0.2) is 43.4 Å². The molecule has 40 heavy (non-hydrogen) atoms. The maximum Gasteiger partial charge on any atom is 0.206 e. The van der Waals surface area contributed by atoms with Gasteiger partial charge < -0.3 is 25.7 Å². The minimum Gasteiger partial charge on any atom is -0.508 e. The number of phenolic OH excluding ortho intramolecular Hbond substituents is 2. The summed E-state index contributed by atoms with van der Waals surface area (Å²) in [5.74, 6) is -3.75. The molecule has 0 heterocycles. The Hall–Kier alpha value is -3.75. The second kappa shape index (κ2) is 10.3. The Balaban J connectivity index is 1.54. The Morgan fingerprint density at radius 3 is 2.38 bits per heavy atom. The van der Waals surface area contributed by atoms with Crippen molar-refractivity contribution in [1.82, 2.24) is 5.32 Å². The Morgan fingerprint density at radius 1 is 1.02 bits per heavy atom. The molecule has 1 fully saturated rings. The van der Waals surface area contributed by atoms with Crippen molar-refractivity contribution < 1.29 is 34.8 Å². The monoisotopic (exact) mass is 545 g/mol. The number of ketones is 3. The smallest absolute Gasteiger partial charge is 0.206 e. The molecule has 3 aliphatic carbocycles. The van der Waals surface area contributed by atoms with E-state index < -0.39 is 40.5 Å². The lowest BCUT2D eigenvalue weighted by molar-refractivity contribution is -0.157. The average Bonchev–Trinajstić information content (AvgIpc) is 2.89. The van der Waals surface area contributed by atoms with Gasteiger partial charge in [0.05, 0.1) is 11.1 Å². The highest BCUT2D eigenvalue weighted by molar-refractivity contribution is 6.33. The van der Waals surface area contributed by atoms with E-state index in [0.717, 1.165) is 23.1 Å². The van der Waals surface area contributed by atoms with Gasteiger partial charge in [-0.3, -0.25) is 14.4 Å². The van der Waals surface area contributed by atoms with Gasteiger partial charge in [-0.2, -0.15) is 0 Å². The molecule has 2 aromatic carbocycles. The zero-order chi connectivity index (χ0) is 28.9. The van der Waals surface area contributed by atoms with Gasteiger partial charge in [-0.05, 0) is 74.3 Å². The average molecular weight is 546 g/mol. The summed E-state index contributed by atoms with van der Waals surface area (Å²) < 4.78 is 0. The molecule has 210 valence electrons. The third-order valence-corrected chi connectivity index (χ3v) is 8.69. The van der Waals surface area contributed by atoms with Crippen molar-refractivity contribution in [3.8, 4) is 11.5 Å². The molecule has 3 aliphatic rings. The first-order chi connectivity index (χ1) is 19.0. The molecular weight excluding hydrogens is 510 g/mol. The summed E-state index contributed by atoms with van der Waals surface area (Å²) in [5.41, 5.74) is 1.40. The Labute approximate surface area is 233 Å². The van der Waals surface area contributed by atoms with Crippen LogP contribution >= 0.6 is 0 Å². The van der Waals surface area contributed by atoms with Gasteiger partial charge in [-0.1, -0.05) is 37.1 Å². The summed E-state index contributed by atoms with van der Waals surface area (Å²) in [7, 11) is 0. The van der Waals surface area contributed by atoms with E-state index >= 15 is 0 Å². The van der Waals surface area contributed by atoms with Crippen molar-refractivity contribution in [3.05, 3.63) is 74.9 Å². The number of carbonyl (C=O) groups is 3. The molecule has 0 saturated heterocycles. The van der Waals surface area contributed by atoms with E-state index in [1.165, 1.54) is 6.92 Å². The van der Waals surface area contributed by atoms with Crippen LogP contribution < -0.4 is 5.32 Å². The molecule has 8 heteroatoms. The molecular formula is C32H35NO7. The molecule has 5 rings (SSSR count). The summed E-state index contributed by atoms with van der Waals surface area (Å²) in [6.45, 7) is 5.75. The lowest BCUT2D eigenvalue weighted by atomic mass is 9.57. The zero-order valence-corrected chi connectivity index (χ0v) is 23.0. The molecule has 5 N–H and O–H groups in total. The number of aromatic hydroxyl groups is 2. The zero-order valence-electron chi connectivity index (χ0n) is 23.0. The van der Waals surface area contributed by atoms with E-state index in [2.05, 4.69) is 5.32 Å². The first kappa shape index (κ1) is 27.8. The van der Waals surface area contributed by atoms with Crippen molar-refractivity contribution in [2.45, 2.75) is 71.6 Å². The van der Waals surface area contributed by atoms with Gasteiger partial charge in [0.25, 0.3) is 0 Å². The highest BCUT2D eigenvalue weighted by Crippen LogP contribution is 2.52. The van der Waals surface area contributed by atoms with Gasteiger partial charge in [0, 0.05) is 30.1 Å². The number of phenols is 2. The van der Waals surface area contributed by atoms with Crippen LogP contribution in [0.4, 0.5) is 0 Å². The van der Waals surface area contributed by atoms with Gasteiger partial charge in [-0.15, -0.1) is 0 Å². The first-order valence-electron chi connectivity index (χ1n) is 13.8. The van der Waals surface area contributed by atoms with Crippen LogP contribution in [-0.2, 0) is 40.3 Å². The summed E-state index contributed by atoms with van der Waals surface area (Å²) in [6, 6.07) is 8.72. The first-order valence-corrected chi connectivity index (χ1v) is 13.8. The maximum absolute atomic E-state index is 13.8. The number of allylic oxidation sites excluding steroid dienone is 1. The number of hydrogen-bond acceptors (Lipinski definition) is 8. The van der Waals surface area contributed by atoms with Gasteiger partial charge in [0.1, 0.15) is 17.3 Å². The molecule has 0 spiro atoms. The Morgan fingerprint density at radius 2 is 1.73 bits per heavy atom. The van der Waals surface area contributed by atoms with Gasteiger partial charge >= 0.3 is 0 Å². The van der Waals surface area contributed by atoms with Crippen molar-refractivity contribution >= 4 is 23.1 Å². The number of rotatable bonds is 7. The number of nitrogens with one attached hydrogen (secondary N) is 1. The molecule has 0 unspecified atom stereocenters. The molecule has 0 aromatic heterocycles. The van der Waals surface area contributed by atoms with Crippen molar-refractivity contribution in [2.24, 2.45) is 11.8 Å². The van der Waals surface area contributed by atoms with Crippen molar-refractivity contribution in [2.75, 3.05) is 0 Å². The number of fused-ring (bicyclic) bond motifs is 3. The number of aliphatic hydroxyl groups is 2. The van der Waals surface area contributed by atoms with Crippen LogP contribution in [0.5, 0.6) is 11.5 Å². The summed E-state index contributed by atoms with van der Waals surface area (Å²) >= 11 is 0. The SMILES string of the molecule is CCCc1cc(CNCc2ccc(O)cc2)c(O)c2c1C[C@H]1C[C@H]3CC(C)=C(C(C)=O)C(=O)[C@@]3(O)C(=O)C1=C2O. The number of aryl methyl sites for hydroxylation is 1. The highest BCUT2D eigenvalue weighted by atomic mass is 16.3.